The SMILES string of the molecule is CN=C(NCc1nccs1)NCC(O)c1cnn(C)c1. The zero-order valence-electron chi connectivity index (χ0n) is 11.4. The summed E-state index contributed by atoms with van der Waals surface area (Å²) < 4.78 is 1.66. The van der Waals surface area contributed by atoms with Crippen molar-refractivity contribution in [3.63, 3.8) is 0 Å². The zero-order chi connectivity index (χ0) is 14.4. The number of aliphatic hydroxyl groups is 1. The van der Waals surface area contributed by atoms with E-state index in [1.165, 1.54) is 0 Å². The minimum Gasteiger partial charge on any atom is -0.386 e. The maximum atomic E-state index is 10.0. The van der Waals surface area contributed by atoms with Gasteiger partial charge in [-0.05, 0) is 0 Å². The van der Waals surface area contributed by atoms with E-state index in [2.05, 4.69) is 25.7 Å². The van der Waals surface area contributed by atoms with E-state index in [1.54, 1.807) is 41.7 Å². The van der Waals surface area contributed by atoms with Crippen molar-refractivity contribution >= 4 is 17.3 Å². The second-order valence-electron chi connectivity index (χ2n) is 4.20. The summed E-state index contributed by atoms with van der Waals surface area (Å²) in [5.74, 6) is 0.628. The average Bonchev–Trinajstić information content (AvgIpc) is 3.10. The maximum absolute atomic E-state index is 10.0. The van der Waals surface area contributed by atoms with E-state index in [0.717, 1.165) is 10.6 Å². The van der Waals surface area contributed by atoms with Gasteiger partial charge >= 0.3 is 0 Å². The largest absolute Gasteiger partial charge is 0.386 e. The van der Waals surface area contributed by atoms with Crippen LogP contribution in [0.5, 0.6) is 0 Å². The van der Waals surface area contributed by atoms with Crippen LogP contribution in [0.25, 0.3) is 0 Å². The first kappa shape index (κ1) is 14.5. The van der Waals surface area contributed by atoms with Crippen LogP contribution in [0.4, 0.5) is 0 Å². The van der Waals surface area contributed by atoms with Gasteiger partial charge in [0.05, 0.1) is 18.8 Å². The van der Waals surface area contributed by atoms with Gasteiger partial charge in [-0.15, -0.1) is 11.3 Å². The van der Waals surface area contributed by atoms with Crippen molar-refractivity contribution in [2.75, 3.05) is 13.6 Å². The average molecular weight is 294 g/mol. The van der Waals surface area contributed by atoms with Gasteiger partial charge in [0, 0.05) is 44.0 Å². The van der Waals surface area contributed by atoms with Crippen LogP contribution in [-0.2, 0) is 13.6 Å². The number of aryl methyl sites for hydroxylation is 1. The molecule has 0 aliphatic carbocycles. The van der Waals surface area contributed by atoms with Crippen LogP contribution < -0.4 is 10.6 Å². The third-order valence-corrected chi connectivity index (χ3v) is 3.47. The molecule has 0 spiro atoms. The Morgan fingerprint density at radius 2 is 2.40 bits per heavy atom. The molecule has 1 atom stereocenters. The molecule has 0 saturated carbocycles. The summed E-state index contributed by atoms with van der Waals surface area (Å²) in [4.78, 5) is 8.28. The summed E-state index contributed by atoms with van der Waals surface area (Å²) >= 11 is 1.58. The molecule has 2 aromatic heterocycles. The lowest BCUT2D eigenvalue weighted by Crippen LogP contribution is -2.38. The van der Waals surface area contributed by atoms with Gasteiger partial charge < -0.3 is 15.7 Å². The number of nitrogens with one attached hydrogen (secondary N) is 2. The van der Waals surface area contributed by atoms with Gasteiger partial charge in [0.25, 0.3) is 0 Å². The van der Waals surface area contributed by atoms with E-state index in [-0.39, 0.29) is 0 Å². The highest BCUT2D eigenvalue weighted by Crippen LogP contribution is 2.09. The van der Waals surface area contributed by atoms with Gasteiger partial charge in [-0.3, -0.25) is 9.67 Å². The van der Waals surface area contributed by atoms with Crippen molar-refractivity contribution in [3.8, 4) is 0 Å². The monoisotopic (exact) mass is 294 g/mol. The van der Waals surface area contributed by atoms with Crippen molar-refractivity contribution < 1.29 is 5.11 Å². The molecule has 0 aromatic carbocycles. The highest BCUT2D eigenvalue weighted by atomic mass is 32.1. The van der Waals surface area contributed by atoms with Crippen molar-refractivity contribution in [1.29, 1.82) is 0 Å². The van der Waals surface area contributed by atoms with Crippen LogP contribution >= 0.6 is 11.3 Å². The first-order valence-corrected chi connectivity index (χ1v) is 7.06. The number of aromatic nitrogens is 3. The number of aliphatic imine (C=N–C) groups is 1. The van der Waals surface area contributed by atoms with Crippen LogP contribution in [0.2, 0.25) is 0 Å². The fourth-order valence-corrected chi connectivity index (χ4v) is 2.20. The topological polar surface area (TPSA) is 87.4 Å². The molecule has 0 amide bonds. The summed E-state index contributed by atoms with van der Waals surface area (Å²) in [6, 6.07) is 0. The molecule has 1 unspecified atom stereocenters. The molecule has 2 aromatic rings. The van der Waals surface area contributed by atoms with Gasteiger partial charge in [-0.2, -0.15) is 5.10 Å². The van der Waals surface area contributed by atoms with Crippen LogP contribution in [0, 0.1) is 0 Å². The Kier molecular flexibility index (Phi) is 5.08. The van der Waals surface area contributed by atoms with Gasteiger partial charge in [0.15, 0.2) is 5.96 Å². The van der Waals surface area contributed by atoms with Gasteiger partial charge in [-0.1, -0.05) is 0 Å². The summed E-state index contributed by atoms with van der Waals surface area (Å²) in [6.45, 7) is 0.976. The third kappa shape index (κ3) is 4.04. The summed E-state index contributed by atoms with van der Waals surface area (Å²) in [5, 5.41) is 23.2. The lowest BCUT2D eigenvalue weighted by molar-refractivity contribution is 0.180. The van der Waals surface area contributed by atoms with E-state index in [0.29, 0.717) is 19.0 Å². The number of guanidine groups is 1. The lowest BCUT2D eigenvalue weighted by atomic mass is 10.2. The summed E-state index contributed by atoms with van der Waals surface area (Å²) in [6.07, 6.45) is 4.59. The minimum absolute atomic E-state index is 0.364. The van der Waals surface area contributed by atoms with E-state index in [1.807, 2.05) is 12.4 Å². The minimum atomic E-state index is -0.623. The lowest BCUT2D eigenvalue weighted by Gasteiger charge is -2.13. The van der Waals surface area contributed by atoms with Gasteiger partial charge in [-0.25, -0.2) is 4.98 Å². The molecule has 20 heavy (non-hydrogen) atoms. The molecule has 2 rings (SSSR count). The van der Waals surface area contributed by atoms with E-state index in [9.17, 15) is 5.11 Å². The quantitative estimate of drug-likeness (QED) is 0.544. The number of hydrogen-bond donors (Lipinski definition) is 3. The van der Waals surface area contributed by atoms with Crippen molar-refractivity contribution in [2.24, 2.45) is 12.0 Å². The van der Waals surface area contributed by atoms with Crippen LogP contribution in [0.15, 0.2) is 29.0 Å². The molecule has 3 N–H and O–H groups in total. The van der Waals surface area contributed by atoms with E-state index in [4.69, 9.17) is 0 Å². The predicted octanol–water partition coefficient (Wildman–Crippen LogP) is 0.275. The molecule has 0 saturated heterocycles. The molecule has 0 radical (unpaired) electrons. The second-order valence-corrected chi connectivity index (χ2v) is 5.17. The Morgan fingerprint density at radius 1 is 1.55 bits per heavy atom. The van der Waals surface area contributed by atoms with Crippen molar-refractivity contribution in [2.45, 2.75) is 12.6 Å². The number of rotatable bonds is 5. The van der Waals surface area contributed by atoms with Crippen LogP contribution in [-0.4, -0.2) is 39.4 Å². The molecule has 0 aliphatic rings. The van der Waals surface area contributed by atoms with Crippen molar-refractivity contribution in [3.05, 3.63) is 34.5 Å². The number of aliphatic hydroxyl groups excluding tert-OH is 1. The first-order valence-electron chi connectivity index (χ1n) is 6.18. The fraction of sp³-hybridized carbons (Fsp3) is 0.417. The Bertz CT molecular complexity index is 550. The zero-order valence-corrected chi connectivity index (χ0v) is 12.3. The van der Waals surface area contributed by atoms with Crippen LogP contribution in [0.1, 0.15) is 16.7 Å². The molecule has 108 valence electrons. The molecule has 0 fully saturated rings. The highest BCUT2D eigenvalue weighted by molar-refractivity contribution is 7.09. The molecule has 2 heterocycles. The standard InChI is InChI=1S/C12H18N6OS/c1-13-12(16-7-11-14-3-4-20-11)15-6-10(19)9-5-17-18(2)8-9/h3-5,8,10,19H,6-7H2,1-2H3,(H2,13,15,16). The predicted molar refractivity (Wildman–Crippen MR) is 78.5 cm³/mol. The normalized spacial score (nSPS) is 13.2. The Balaban J connectivity index is 1.79. The summed E-state index contributed by atoms with van der Waals surface area (Å²) in [5.41, 5.74) is 0.773. The molecule has 0 aliphatic heterocycles. The van der Waals surface area contributed by atoms with Crippen molar-refractivity contribution in [1.82, 2.24) is 25.4 Å². The first-order chi connectivity index (χ1) is 9.69. The van der Waals surface area contributed by atoms with E-state index < -0.39 is 6.10 Å². The van der Waals surface area contributed by atoms with E-state index >= 15 is 0 Å². The number of thiazole rings is 1. The Morgan fingerprint density at radius 3 is 3.00 bits per heavy atom. The fourth-order valence-electron chi connectivity index (χ4n) is 1.64. The second kappa shape index (κ2) is 7.01. The van der Waals surface area contributed by atoms with Gasteiger partial charge in [0.2, 0.25) is 0 Å². The molecule has 7 nitrogen and oxygen atoms in total. The molecular formula is C12H18N6OS. The maximum Gasteiger partial charge on any atom is 0.191 e. The summed E-state index contributed by atoms with van der Waals surface area (Å²) in [7, 11) is 3.51. The Hall–Kier alpha value is -1.93. The van der Waals surface area contributed by atoms with Gasteiger partial charge in [0.1, 0.15) is 5.01 Å². The Labute approximate surface area is 121 Å². The molecule has 0 bridgehead atoms. The molecular weight excluding hydrogens is 276 g/mol. The van der Waals surface area contributed by atoms with Crippen LogP contribution in [0.3, 0.4) is 0 Å². The number of nitrogens with zero attached hydrogens (tertiary/aromatic N) is 4. The smallest absolute Gasteiger partial charge is 0.191 e. The number of hydrogen-bond acceptors (Lipinski definition) is 5. The highest BCUT2D eigenvalue weighted by Gasteiger charge is 2.10. The third-order valence-electron chi connectivity index (χ3n) is 2.69. The molecule has 8 heteroatoms.